The Kier molecular flexibility index (Phi) is 5.06. The second-order valence-electron chi connectivity index (χ2n) is 5.45. The summed E-state index contributed by atoms with van der Waals surface area (Å²) in [4.78, 5) is 2.31. The van der Waals surface area contributed by atoms with E-state index in [2.05, 4.69) is 41.5 Å². The lowest BCUT2D eigenvalue weighted by Crippen LogP contribution is -2.26. The topological polar surface area (TPSA) is 15.3 Å². The van der Waals surface area contributed by atoms with Crippen LogP contribution in [0.5, 0.6) is 0 Å². The smallest absolute Gasteiger partial charge is 0.0364 e. The van der Waals surface area contributed by atoms with Crippen LogP contribution < -0.4 is 10.2 Å². The Hall–Kier alpha value is -1.02. The molecule has 0 aromatic heterocycles. The Morgan fingerprint density at radius 1 is 1.11 bits per heavy atom. The molecule has 1 N–H and O–H groups in total. The maximum absolute atomic E-state index is 3.19. The summed E-state index contributed by atoms with van der Waals surface area (Å²) < 4.78 is 0. The summed E-state index contributed by atoms with van der Waals surface area (Å²) >= 11 is 0. The summed E-state index contributed by atoms with van der Waals surface area (Å²) in [7, 11) is 4.16. The van der Waals surface area contributed by atoms with Crippen LogP contribution in [-0.2, 0) is 0 Å². The predicted molar refractivity (Wildman–Crippen MR) is 79.5 cm³/mol. The van der Waals surface area contributed by atoms with Crippen molar-refractivity contribution in [2.75, 3.05) is 32.1 Å². The highest BCUT2D eigenvalue weighted by atomic mass is 15.1. The predicted octanol–water partition coefficient (Wildman–Crippen LogP) is 3.39. The van der Waals surface area contributed by atoms with E-state index >= 15 is 0 Å². The molecule has 0 spiro atoms. The molecule has 0 radical (unpaired) electrons. The van der Waals surface area contributed by atoms with Gasteiger partial charge in [0, 0.05) is 25.8 Å². The Morgan fingerprint density at radius 3 is 2.39 bits per heavy atom. The van der Waals surface area contributed by atoms with Crippen molar-refractivity contribution in [1.29, 1.82) is 0 Å². The lowest BCUT2D eigenvalue weighted by molar-refractivity contribution is 0.443. The molecule has 100 valence electrons. The first-order valence-corrected chi connectivity index (χ1v) is 7.27. The van der Waals surface area contributed by atoms with Gasteiger partial charge in [-0.15, -0.1) is 0 Å². The van der Waals surface area contributed by atoms with Crippen molar-refractivity contribution >= 4 is 5.69 Å². The monoisotopic (exact) mass is 246 g/mol. The molecule has 0 heterocycles. The molecular weight excluding hydrogens is 220 g/mol. The molecule has 2 heteroatoms. The van der Waals surface area contributed by atoms with Crippen LogP contribution in [0.1, 0.15) is 43.6 Å². The van der Waals surface area contributed by atoms with Crippen molar-refractivity contribution in [2.45, 2.75) is 38.0 Å². The average Bonchev–Trinajstić information content (AvgIpc) is 2.46. The van der Waals surface area contributed by atoms with E-state index in [-0.39, 0.29) is 0 Å². The van der Waals surface area contributed by atoms with E-state index in [0.717, 1.165) is 19.0 Å². The Bertz CT molecular complexity index is 339. The van der Waals surface area contributed by atoms with Crippen LogP contribution in [0.3, 0.4) is 0 Å². The van der Waals surface area contributed by atoms with Crippen LogP contribution in [-0.4, -0.2) is 27.2 Å². The summed E-state index contributed by atoms with van der Waals surface area (Å²) in [6.07, 6.45) is 7.02. The van der Waals surface area contributed by atoms with E-state index in [1.807, 2.05) is 7.05 Å². The van der Waals surface area contributed by atoms with Gasteiger partial charge in [-0.1, -0.05) is 31.4 Å². The molecule has 0 unspecified atom stereocenters. The number of benzene rings is 1. The van der Waals surface area contributed by atoms with Crippen LogP contribution in [0, 0.1) is 0 Å². The molecule has 2 nitrogen and oxygen atoms in total. The molecule has 1 aliphatic carbocycles. The minimum absolute atomic E-state index is 0.815. The molecule has 2 rings (SSSR count). The molecule has 0 amide bonds. The Morgan fingerprint density at radius 2 is 1.78 bits per heavy atom. The summed E-state index contributed by atoms with van der Waals surface area (Å²) in [6.45, 7) is 2.08. The minimum Gasteiger partial charge on any atom is -0.373 e. The zero-order chi connectivity index (χ0) is 12.8. The molecule has 1 aliphatic rings. The van der Waals surface area contributed by atoms with Crippen LogP contribution in [0.4, 0.5) is 5.69 Å². The highest BCUT2D eigenvalue weighted by Crippen LogP contribution is 2.33. The molecule has 1 aromatic carbocycles. The van der Waals surface area contributed by atoms with Gasteiger partial charge in [-0.2, -0.15) is 0 Å². The van der Waals surface area contributed by atoms with Gasteiger partial charge < -0.3 is 10.2 Å². The summed E-state index contributed by atoms with van der Waals surface area (Å²) in [6, 6.07) is 9.22. The number of anilines is 1. The first kappa shape index (κ1) is 13.4. The van der Waals surface area contributed by atoms with Gasteiger partial charge in [0.1, 0.15) is 0 Å². The van der Waals surface area contributed by atoms with Gasteiger partial charge in [-0.05, 0) is 43.5 Å². The SMILES string of the molecule is CNCCN(C)c1ccc(C2CCCCC2)cc1. The van der Waals surface area contributed by atoms with Gasteiger partial charge in [-0.3, -0.25) is 0 Å². The molecule has 18 heavy (non-hydrogen) atoms. The van der Waals surface area contributed by atoms with Gasteiger partial charge in [-0.25, -0.2) is 0 Å². The number of hydrogen-bond donors (Lipinski definition) is 1. The quantitative estimate of drug-likeness (QED) is 0.856. The molecule has 1 aromatic rings. The molecular formula is C16H26N2. The first-order valence-electron chi connectivity index (χ1n) is 7.27. The molecule has 1 saturated carbocycles. The summed E-state index contributed by atoms with van der Waals surface area (Å²) in [5.74, 6) is 0.815. The second kappa shape index (κ2) is 6.79. The zero-order valence-electron chi connectivity index (χ0n) is 11.8. The van der Waals surface area contributed by atoms with Gasteiger partial charge in [0.2, 0.25) is 0 Å². The highest BCUT2D eigenvalue weighted by molar-refractivity contribution is 5.47. The number of rotatable bonds is 5. The van der Waals surface area contributed by atoms with E-state index in [1.165, 1.54) is 37.8 Å². The van der Waals surface area contributed by atoms with E-state index in [1.54, 1.807) is 5.56 Å². The van der Waals surface area contributed by atoms with Crippen LogP contribution in [0.15, 0.2) is 24.3 Å². The van der Waals surface area contributed by atoms with Gasteiger partial charge in [0.05, 0.1) is 0 Å². The number of likely N-dealkylation sites (N-methyl/N-ethyl adjacent to an activating group) is 2. The summed E-state index contributed by atoms with van der Waals surface area (Å²) in [5.41, 5.74) is 2.87. The Labute approximate surface area is 111 Å². The lowest BCUT2D eigenvalue weighted by Gasteiger charge is -2.23. The van der Waals surface area contributed by atoms with Crippen LogP contribution in [0.2, 0.25) is 0 Å². The van der Waals surface area contributed by atoms with Gasteiger partial charge in [0.25, 0.3) is 0 Å². The Balaban J connectivity index is 1.95. The average molecular weight is 246 g/mol. The van der Waals surface area contributed by atoms with E-state index in [0.29, 0.717) is 0 Å². The number of hydrogen-bond acceptors (Lipinski definition) is 2. The highest BCUT2D eigenvalue weighted by Gasteiger charge is 2.15. The van der Waals surface area contributed by atoms with Gasteiger partial charge in [0.15, 0.2) is 0 Å². The minimum atomic E-state index is 0.815. The third-order valence-electron chi connectivity index (χ3n) is 4.11. The lowest BCUT2D eigenvalue weighted by atomic mass is 9.84. The standard InChI is InChI=1S/C16H26N2/c1-17-12-13-18(2)16-10-8-15(9-11-16)14-6-4-3-5-7-14/h8-11,14,17H,3-7,12-13H2,1-2H3. The molecule has 0 atom stereocenters. The maximum atomic E-state index is 3.19. The molecule has 0 aliphatic heterocycles. The maximum Gasteiger partial charge on any atom is 0.0364 e. The summed E-state index contributed by atoms with van der Waals surface area (Å²) in [5, 5.41) is 3.19. The fourth-order valence-corrected chi connectivity index (χ4v) is 2.85. The first-order chi connectivity index (χ1) is 8.81. The molecule has 0 saturated heterocycles. The van der Waals surface area contributed by atoms with Crippen molar-refractivity contribution in [3.8, 4) is 0 Å². The van der Waals surface area contributed by atoms with E-state index in [9.17, 15) is 0 Å². The normalized spacial score (nSPS) is 16.8. The van der Waals surface area contributed by atoms with Crippen molar-refractivity contribution in [3.05, 3.63) is 29.8 Å². The number of nitrogens with one attached hydrogen (secondary N) is 1. The van der Waals surface area contributed by atoms with Crippen molar-refractivity contribution in [2.24, 2.45) is 0 Å². The largest absolute Gasteiger partial charge is 0.373 e. The molecule has 0 bridgehead atoms. The third kappa shape index (κ3) is 3.49. The third-order valence-corrected chi connectivity index (χ3v) is 4.11. The van der Waals surface area contributed by atoms with Crippen LogP contribution in [0.25, 0.3) is 0 Å². The van der Waals surface area contributed by atoms with Gasteiger partial charge >= 0.3 is 0 Å². The fraction of sp³-hybridized carbons (Fsp3) is 0.625. The number of nitrogens with zero attached hydrogens (tertiary/aromatic N) is 1. The van der Waals surface area contributed by atoms with Crippen molar-refractivity contribution < 1.29 is 0 Å². The second-order valence-corrected chi connectivity index (χ2v) is 5.45. The van der Waals surface area contributed by atoms with E-state index < -0.39 is 0 Å². The van der Waals surface area contributed by atoms with Crippen molar-refractivity contribution in [1.82, 2.24) is 5.32 Å². The van der Waals surface area contributed by atoms with E-state index in [4.69, 9.17) is 0 Å². The molecule has 1 fully saturated rings. The fourth-order valence-electron chi connectivity index (χ4n) is 2.85. The van der Waals surface area contributed by atoms with Crippen molar-refractivity contribution in [3.63, 3.8) is 0 Å². The zero-order valence-corrected chi connectivity index (χ0v) is 11.8. The van der Waals surface area contributed by atoms with Crippen LogP contribution >= 0.6 is 0 Å².